The van der Waals surface area contributed by atoms with E-state index in [4.69, 9.17) is 0 Å². The van der Waals surface area contributed by atoms with Gasteiger partial charge in [0.15, 0.2) is 0 Å². The number of benzene rings is 1. The molecule has 0 bridgehead atoms. The Hall–Kier alpha value is -1.69. The Morgan fingerprint density at radius 2 is 1.77 bits per heavy atom. The molecule has 118 valence electrons. The molecule has 0 radical (unpaired) electrons. The molecule has 0 N–H and O–H groups in total. The molecule has 0 atom stereocenters. The van der Waals surface area contributed by atoms with Crippen molar-refractivity contribution in [2.24, 2.45) is 0 Å². The van der Waals surface area contributed by atoms with Crippen LogP contribution in [0.3, 0.4) is 0 Å². The lowest BCUT2D eigenvalue weighted by Crippen LogP contribution is -2.34. The number of nitrogens with zero attached hydrogens (tertiary/aromatic N) is 1. The minimum Gasteiger partial charge on any atom is -0.339 e. The number of piperidine rings is 1. The second-order valence-corrected chi connectivity index (χ2v) is 6.16. The summed E-state index contributed by atoms with van der Waals surface area (Å²) in [6.07, 6.45) is 4.72. The summed E-state index contributed by atoms with van der Waals surface area (Å²) in [7, 11) is 0. The van der Waals surface area contributed by atoms with Gasteiger partial charge in [-0.2, -0.15) is 13.2 Å². The molecule has 1 aliphatic rings. The monoisotopic (exact) mass is 327 g/mol. The highest BCUT2D eigenvalue weighted by Gasteiger charge is 2.28. The van der Waals surface area contributed by atoms with Crippen LogP contribution in [0.25, 0.3) is 6.08 Å². The quantitative estimate of drug-likeness (QED) is 0.463. The third-order valence-electron chi connectivity index (χ3n) is 3.31. The summed E-state index contributed by atoms with van der Waals surface area (Å²) in [5.41, 5.74) is -2.43. The van der Waals surface area contributed by atoms with E-state index in [1.165, 1.54) is 18.2 Å². The van der Waals surface area contributed by atoms with Crippen LogP contribution in [0.4, 0.5) is 13.2 Å². The van der Waals surface area contributed by atoms with Gasteiger partial charge in [0, 0.05) is 24.1 Å². The largest absolute Gasteiger partial charge is 0.446 e. The zero-order chi connectivity index (χ0) is 16.2. The molecule has 1 aromatic rings. The first kappa shape index (κ1) is 16.7. The van der Waals surface area contributed by atoms with Crippen molar-refractivity contribution < 1.29 is 18.0 Å². The number of carbonyl (C=O) groups is 1. The molecule has 0 unspecified atom stereocenters. The minimum absolute atomic E-state index is 0.0822. The lowest BCUT2D eigenvalue weighted by molar-refractivity contribution is -0.126. The van der Waals surface area contributed by atoms with Crippen LogP contribution in [0.1, 0.15) is 18.4 Å². The third-order valence-corrected chi connectivity index (χ3v) is 4.05. The number of alkyl halides is 3. The molecule has 2 nitrogen and oxygen atoms in total. The summed E-state index contributed by atoms with van der Waals surface area (Å²) in [5.74, 6) is -0.0822. The van der Waals surface area contributed by atoms with Gasteiger partial charge < -0.3 is 4.90 Å². The van der Waals surface area contributed by atoms with Crippen molar-refractivity contribution in [1.82, 2.24) is 4.90 Å². The van der Waals surface area contributed by atoms with Gasteiger partial charge >= 0.3 is 5.51 Å². The van der Waals surface area contributed by atoms with E-state index in [1.807, 2.05) is 0 Å². The minimum atomic E-state index is -4.29. The van der Waals surface area contributed by atoms with Gasteiger partial charge in [-0.3, -0.25) is 4.79 Å². The summed E-state index contributed by atoms with van der Waals surface area (Å²) < 4.78 is 36.7. The van der Waals surface area contributed by atoms with E-state index >= 15 is 0 Å². The van der Waals surface area contributed by atoms with Gasteiger partial charge in [-0.1, -0.05) is 24.3 Å². The topological polar surface area (TPSA) is 20.3 Å². The molecular formula is C16H16F3NOS. The Kier molecular flexibility index (Phi) is 5.34. The smallest absolute Gasteiger partial charge is 0.339 e. The molecule has 1 aromatic carbocycles. The maximum absolute atomic E-state index is 12.2. The van der Waals surface area contributed by atoms with Crippen LogP contribution < -0.4 is 0 Å². The molecule has 0 spiro atoms. The van der Waals surface area contributed by atoms with Crippen LogP contribution in [0, 0.1) is 0 Å². The predicted octanol–water partition coefficient (Wildman–Crippen LogP) is 4.49. The highest BCUT2D eigenvalue weighted by Crippen LogP contribution is 2.36. The van der Waals surface area contributed by atoms with Crippen molar-refractivity contribution in [2.45, 2.75) is 23.2 Å². The van der Waals surface area contributed by atoms with Gasteiger partial charge in [-0.05, 0) is 48.4 Å². The second-order valence-electron chi connectivity index (χ2n) is 5.03. The first-order valence-corrected chi connectivity index (χ1v) is 7.64. The predicted molar refractivity (Wildman–Crippen MR) is 82.3 cm³/mol. The first-order chi connectivity index (χ1) is 10.3. The molecular weight excluding hydrogens is 311 g/mol. The Labute approximate surface area is 131 Å². The van der Waals surface area contributed by atoms with Crippen molar-refractivity contribution in [2.75, 3.05) is 13.1 Å². The van der Waals surface area contributed by atoms with E-state index in [2.05, 4.69) is 6.58 Å². The SMILES string of the molecule is C=C1CCN(C(=O)/C=C/c2ccc(SC(F)(F)F)cc2)CC1. The van der Waals surface area contributed by atoms with Crippen molar-refractivity contribution in [1.29, 1.82) is 0 Å². The molecule has 2 rings (SSSR count). The number of halogens is 3. The van der Waals surface area contributed by atoms with Crippen LogP contribution in [-0.2, 0) is 4.79 Å². The van der Waals surface area contributed by atoms with Gasteiger partial charge in [0.1, 0.15) is 0 Å². The average molecular weight is 327 g/mol. The van der Waals surface area contributed by atoms with E-state index in [0.717, 1.165) is 18.4 Å². The van der Waals surface area contributed by atoms with Gasteiger partial charge in [-0.25, -0.2) is 0 Å². The number of amides is 1. The summed E-state index contributed by atoms with van der Waals surface area (Å²) >= 11 is -0.151. The zero-order valence-electron chi connectivity index (χ0n) is 11.9. The van der Waals surface area contributed by atoms with Crippen molar-refractivity contribution in [3.05, 3.63) is 48.1 Å². The van der Waals surface area contributed by atoms with Gasteiger partial charge in [-0.15, -0.1) is 0 Å². The summed E-state index contributed by atoms with van der Waals surface area (Å²) in [5, 5.41) is 0. The van der Waals surface area contributed by atoms with Crippen molar-refractivity contribution in [3.63, 3.8) is 0 Å². The number of thioether (sulfide) groups is 1. The van der Waals surface area contributed by atoms with Crippen LogP contribution in [0.15, 0.2) is 47.4 Å². The zero-order valence-corrected chi connectivity index (χ0v) is 12.7. The Morgan fingerprint density at radius 3 is 2.32 bits per heavy atom. The molecule has 6 heteroatoms. The van der Waals surface area contributed by atoms with Gasteiger partial charge in [0.25, 0.3) is 0 Å². The Balaban J connectivity index is 1.92. The number of hydrogen-bond acceptors (Lipinski definition) is 2. The maximum Gasteiger partial charge on any atom is 0.446 e. The van der Waals surface area contributed by atoms with E-state index in [9.17, 15) is 18.0 Å². The summed E-state index contributed by atoms with van der Waals surface area (Å²) in [4.78, 5) is 13.9. The molecule has 1 amide bonds. The number of hydrogen-bond donors (Lipinski definition) is 0. The highest BCUT2D eigenvalue weighted by atomic mass is 32.2. The molecule has 0 saturated carbocycles. The molecule has 1 heterocycles. The molecule has 1 aliphatic heterocycles. The van der Waals surface area contributed by atoms with E-state index in [0.29, 0.717) is 18.7 Å². The van der Waals surface area contributed by atoms with Gasteiger partial charge in [0.05, 0.1) is 0 Å². The van der Waals surface area contributed by atoms with Crippen LogP contribution in [0.2, 0.25) is 0 Å². The fraction of sp³-hybridized carbons (Fsp3) is 0.312. The van der Waals surface area contributed by atoms with E-state index in [-0.39, 0.29) is 22.6 Å². The summed E-state index contributed by atoms with van der Waals surface area (Å²) in [6, 6.07) is 5.92. The fourth-order valence-corrected chi connectivity index (χ4v) is 2.64. The lowest BCUT2D eigenvalue weighted by Gasteiger charge is -2.26. The fourth-order valence-electron chi connectivity index (χ4n) is 2.10. The summed E-state index contributed by atoms with van der Waals surface area (Å²) in [6.45, 7) is 5.24. The highest BCUT2D eigenvalue weighted by molar-refractivity contribution is 8.00. The van der Waals surface area contributed by atoms with E-state index < -0.39 is 5.51 Å². The molecule has 22 heavy (non-hydrogen) atoms. The average Bonchev–Trinajstić information content (AvgIpc) is 2.45. The maximum atomic E-state index is 12.2. The van der Waals surface area contributed by atoms with Crippen LogP contribution >= 0.6 is 11.8 Å². The number of rotatable bonds is 3. The Bertz CT molecular complexity index is 568. The van der Waals surface area contributed by atoms with Crippen LogP contribution in [-0.4, -0.2) is 29.4 Å². The molecule has 1 fully saturated rings. The molecule has 0 aromatic heterocycles. The standard InChI is InChI=1S/C16H16F3NOS/c1-12-8-10-20(11-9-12)15(21)7-4-13-2-5-14(6-3-13)22-16(17,18)19/h2-7H,1,8-11H2/b7-4+. The van der Waals surface area contributed by atoms with Crippen molar-refractivity contribution >= 4 is 23.7 Å². The van der Waals surface area contributed by atoms with Crippen molar-refractivity contribution in [3.8, 4) is 0 Å². The Morgan fingerprint density at radius 1 is 1.18 bits per heavy atom. The van der Waals surface area contributed by atoms with E-state index in [1.54, 1.807) is 23.1 Å². The second kappa shape index (κ2) is 7.05. The lowest BCUT2D eigenvalue weighted by atomic mass is 10.1. The molecule has 1 saturated heterocycles. The van der Waals surface area contributed by atoms with Gasteiger partial charge in [0.2, 0.25) is 5.91 Å². The molecule has 0 aliphatic carbocycles. The number of carbonyl (C=O) groups excluding carboxylic acids is 1. The first-order valence-electron chi connectivity index (χ1n) is 6.83. The van der Waals surface area contributed by atoms with Crippen LogP contribution in [0.5, 0.6) is 0 Å². The normalized spacial score (nSPS) is 16.3. The third kappa shape index (κ3) is 5.26. The number of likely N-dealkylation sites (tertiary alicyclic amines) is 1.